The van der Waals surface area contributed by atoms with Crippen LogP contribution in [0.1, 0.15) is 41.6 Å². The number of piperidine rings is 1. The molecule has 1 saturated carbocycles. The van der Waals surface area contributed by atoms with E-state index in [0.29, 0.717) is 11.3 Å². The molecule has 2 bridgehead atoms. The number of fused-ring (bicyclic) bond motifs is 5. The van der Waals surface area contributed by atoms with Crippen LogP contribution in [0.15, 0.2) is 54.6 Å². The Kier molecular flexibility index (Phi) is 5.05. The monoisotopic (exact) mass is 455 g/mol. The molecule has 4 atom stereocenters. The van der Waals surface area contributed by atoms with Crippen LogP contribution in [0.2, 0.25) is 0 Å². The molecule has 2 heterocycles. The standard InChI is InChI=1S/C28H29N3O3/c1-17-5-9-20(10-6-17)29-26(32)22-16-21(11-12-23(22)30-13-3-2-4-14-30)31-27(33)24-18-7-8-19(15-18)25(24)28(31)34/h5-12,16,18-19,24-25H,2-4,13-15H2,1H3,(H,29,32)/t18-,19+,24-,25+. The largest absolute Gasteiger partial charge is 0.371 e. The van der Waals surface area contributed by atoms with E-state index in [1.807, 2.05) is 43.3 Å². The first-order valence-electron chi connectivity index (χ1n) is 12.3. The molecule has 1 N–H and O–H groups in total. The Balaban J connectivity index is 1.35. The lowest BCUT2D eigenvalue weighted by Crippen LogP contribution is -2.34. The maximum Gasteiger partial charge on any atom is 0.257 e. The fourth-order valence-electron chi connectivity index (χ4n) is 6.25. The fraction of sp³-hybridized carbons (Fsp3) is 0.393. The van der Waals surface area contributed by atoms with E-state index < -0.39 is 0 Å². The normalized spacial score (nSPS) is 27.4. The number of anilines is 3. The number of hydrogen-bond donors (Lipinski definition) is 1. The molecule has 0 spiro atoms. The smallest absolute Gasteiger partial charge is 0.257 e. The Labute approximate surface area is 199 Å². The summed E-state index contributed by atoms with van der Waals surface area (Å²) in [5.41, 5.74) is 3.69. The number of amides is 3. The van der Waals surface area contributed by atoms with E-state index in [1.165, 1.54) is 11.3 Å². The van der Waals surface area contributed by atoms with E-state index >= 15 is 0 Å². The van der Waals surface area contributed by atoms with Gasteiger partial charge in [-0.25, -0.2) is 4.90 Å². The number of rotatable bonds is 4. The lowest BCUT2D eigenvalue weighted by atomic mass is 9.85. The highest BCUT2D eigenvalue weighted by Crippen LogP contribution is 2.53. The highest BCUT2D eigenvalue weighted by molar-refractivity contribution is 6.23. The quantitative estimate of drug-likeness (QED) is 0.543. The summed E-state index contributed by atoms with van der Waals surface area (Å²) in [5.74, 6) is -0.665. The molecule has 4 aliphatic rings. The topological polar surface area (TPSA) is 69.7 Å². The van der Waals surface area contributed by atoms with Gasteiger partial charge in [-0.05, 0) is 74.8 Å². The van der Waals surface area contributed by atoms with Gasteiger partial charge in [-0.15, -0.1) is 0 Å². The summed E-state index contributed by atoms with van der Waals surface area (Å²) in [7, 11) is 0. The highest BCUT2D eigenvalue weighted by Gasteiger charge is 2.59. The van der Waals surface area contributed by atoms with E-state index in [2.05, 4.69) is 22.4 Å². The maximum absolute atomic E-state index is 13.5. The fourth-order valence-corrected chi connectivity index (χ4v) is 6.25. The average Bonchev–Trinajstić information content (AvgIpc) is 3.54. The molecule has 6 rings (SSSR count). The van der Waals surface area contributed by atoms with Gasteiger partial charge in [-0.3, -0.25) is 14.4 Å². The molecule has 174 valence electrons. The Bertz CT molecular complexity index is 1170. The SMILES string of the molecule is Cc1ccc(NC(=O)c2cc(N3C(=O)[C@@H]4[C@H](C3=O)[C@@H]3C=C[C@H]4C3)ccc2N2CCCCC2)cc1. The van der Waals surface area contributed by atoms with Crippen molar-refractivity contribution in [1.29, 1.82) is 0 Å². The first-order chi connectivity index (χ1) is 16.5. The van der Waals surface area contributed by atoms with Crippen molar-refractivity contribution in [1.82, 2.24) is 0 Å². The molecule has 2 aliphatic carbocycles. The van der Waals surface area contributed by atoms with Crippen molar-refractivity contribution in [2.24, 2.45) is 23.7 Å². The van der Waals surface area contributed by atoms with Gasteiger partial charge in [0.25, 0.3) is 5.91 Å². The van der Waals surface area contributed by atoms with E-state index in [0.717, 1.165) is 49.3 Å². The molecule has 2 aromatic rings. The summed E-state index contributed by atoms with van der Waals surface area (Å²) in [5, 5.41) is 3.01. The molecular formula is C28H29N3O3. The van der Waals surface area contributed by atoms with Crippen molar-refractivity contribution in [2.75, 3.05) is 28.2 Å². The zero-order valence-electron chi connectivity index (χ0n) is 19.4. The molecule has 6 nitrogen and oxygen atoms in total. The Morgan fingerprint density at radius 2 is 1.53 bits per heavy atom. The molecule has 0 unspecified atom stereocenters. The molecule has 0 aromatic heterocycles. The molecular weight excluding hydrogens is 426 g/mol. The number of nitrogens with one attached hydrogen (secondary N) is 1. The number of benzene rings is 2. The minimum atomic E-state index is -0.255. The molecule has 34 heavy (non-hydrogen) atoms. The van der Waals surface area contributed by atoms with Gasteiger partial charge in [0, 0.05) is 24.5 Å². The van der Waals surface area contributed by atoms with Crippen molar-refractivity contribution in [3.8, 4) is 0 Å². The van der Waals surface area contributed by atoms with Crippen molar-refractivity contribution >= 4 is 34.8 Å². The number of aryl methyl sites for hydroxylation is 1. The summed E-state index contributed by atoms with van der Waals surface area (Å²) in [6.07, 6.45) is 8.46. The van der Waals surface area contributed by atoms with Crippen molar-refractivity contribution in [2.45, 2.75) is 32.6 Å². The summed E-state index contributed by atoms with van der Waals surface area (Å²) < 4.78 is 0. The zero-order chi connectivity index (χ0) is 23.4. The van der Waals surface area contributed by atoms with Gasteiger partial charge in [-0.1, -0.05) is 29.8 Å². The van der Waals surface area contributed by atoms with E-state index in [1.54, 1.807) is 6.07 Å². The number of carbonyl (C=O) groups excluding carboxylic acids is 3. The predicted molar refractivity (Wildman–Crippen MR) is 132 cm³/mol. The minimum absolute atomic E-state index is 0.123. The molecule has 2 aromatic carbocycles. The van der Waals surface area contributed by atoms with E-state index in [4.69, 9.17) is 0 Å². The molecule has 6 heteroatoms. The molecule has 2 aliphatic heterocycles. The summed E-state index contributed by atoms with van der Waals surface area (Å²) >= 11 is 0. The van der Waals surface area contributed by atoms with Crippen LogP contribution in [0.25, 0.3) is 0 Å². The predicted octanol–water partition coefficient (Wildman–Crippen LogP) is 4.55. The lowest BCUT2D eigenvalue weighted by Gasteiger charge is -2.31. The Hall–Kier alpha value is -3.41. The van der Waals surface area contributed by atoms with Crippen LogP contribution in [0.4, 0.5) is 17.1 Å². The lowest BCUT2D eigenvalue weighted by molar-refractivity contribution is -0.123. The summed E-state index contributed by atoms with van der Waals surface area (Å²) in [6, 6.07) is 13.2. The van der Waals surface area contributed by atoms with Crippen LogP contribution in [-0.4, -0.2) is 30.8 Å². The van der Waals surface area contributed by atoms with Gasteiger partial charge in [0.1, 0.15) is 0 Å². The highest BCUT2D eigenvalue weighted by atomic mass is 16.2. The molecule has 0 radical (unpaired) electrons. The van der Waals surface area contributed by atoms with Gasteiger partial charge >= 0.3 is 0 Å². The van der Waals surface area contributed by atoms with Crippen LogP contribution in [0.5, 0.6) is 0 Å². The first kappa shape index (κ1) is 21.1. The van der Waals surface area contributed by atoms with Gasteiger partial charge < -0.3 is 10.2 Å². The van der Waals surface area contributed by atoms with E-state index in [9.17, 15) is 14.4 Å². The molecule has 2 saturated heterocycles. The minimum Gasteiger partial charge on any atom is -0.371 e. The van der Waals surface area contributed by atoms with Crippen LogP contribution < -0.4 is 15.1 Å². The van der Waals surface area contributed by atoms with Crippen LogP contribution in [0.3, 0.4) is 0 Å². The maximum atomic E-state index is 13.5. The second-order valence-electron chi connectivity index (χ2n) is 10.1. The van der Waals surface area contributed by atoms with Crippen molar-refractivity contribution < 1.29 is 14.4 Å². The Morgan fingerprint density at radius 3 is 2.18 bits per heavy atom. The average molecular weight is 456 g/mol. The molecule has 3 fully saturated rings. The summed E-state index contributed by atoms with van der Waals surface area (Å²) in [6.45, 7) is 3.79. The third-order valence-corrected chi connectivity index (χ3v) is 7.96. The van der Waals surface area contributed by atoms with Crippen molar-refractivity contribution in [3.63, 3.8) is 0 Å². The zero-order valence-corrected chi connectivity index (χ0v) is 19.4. The van der Waals surface area contributed by atoms with Gasteiger partial charge in [0.05, 0.1) is 23.1 Å². The number of nitrogens with zero attached hydrogens (tertiary/aromatic N) is 2. The van der Waals surface area contributed by atoms with Gasteiger partial charge in [0.2, 0.25) is 11.8 Å². The summed E-state index contributed by atoms with van der Waals surface area (Å²) in [4.78, 5) is 43.7. The number of carbonyl (C=O) groups is 3. The Morgan fingerprint density at radius 1 is 0.882 bits per heavy atom. The number of allylic oxidation sites excluding steroid dienone is 2. The first-order valence-corrected chi connectivity index (χ1v) is 12.3. The molecule has 3 amide bonds. The number of hydrogen-bond acceptors (Lipinski definition) is 4. The van der Waals surface area contributed by atoms with Crippen LogP contribution >= 0.6 is 0 Å². The third kappa shape index (κ3) is 3.35. The van der Waals surface area contributed by atoms with Gasteiger partial charge in [-0.2, -0.15) is 0 Å². The van der Waals surface area contributed by atoms with E-state index in [-0.39, 0.29) is 41.4 Å². The number of imide groups is 1. The second-order valence-corrected chi connectivity index (χ2v) is 10.1. The van der Waals surface area contributed by atoms with Gasteiger partial charge in [0.15, 0.2) is 0 Å². The van der Waals surface area contributed by atoms with Crippen LogP contribution in [0, 0.1) is 30.6 Å². The van der Waals surface area contributed by atoms with Crippen LogP contribution in [-0.2, 0) is 9.59 Å². The van der Waals surface area contributed by atoms with Crippen molar-refractivity contribution in [3.05, 3.63) is 65.7 Å². The third-order valence-electron chi connectivity index (χ3n) is 7.96. The second kappa shape index (κ2) is 8.12.